The highest BCUT2D eigenvalue weighted by molar-refractivity contribution is 5.93. The molecule has 0 radical (unpaired) electrons. The van der Waals surface area contributed by atoms with Gasteiger partial charge in [-0.25, -0.2) is 4.79 Å². The fourth-order valence-electron chi connectivity index (χ4n) is 2.94. The number of rotatable bonds is 4. The Balaban J connectivity index is 1.72. The number of nitro groups is 1. The molecule has 0 spiro atoms. The Morgan fingerprint density at radius 2 is 2.04 bits per heavy atom. The van der Waals surface area contributed by atoms with Crippen LogP contribution in [0.2, 0.25) is 0 Å². The van der Waals surface area contributed by atoms with E-state index < -0.39 is 16.6 Å². The average Bonchev–Trinajstić information content (AvgIpc) is 2.63. The number of benzene rings is 1. The van der Waals surface area contributed by atoms with Crippen LogP contribution >= 0.6 is 0 Å². The molecule has 2 heterocycles. The Bertz CT molecular complexity index is 958. The van der Waals surface area contributed by atoms with Gasteiger partial charge in [-0.05, 0) is 19.4 Å². The number of H-pyrrole nitrogens is 1. The van der Waals surface area contributed by atoms with Crippen LogP contribution < -0.4 is 21.5 Å². The predicted octanol–water partition coefficient (Wildman–Crippen LogP) is 1.65. The molecule has 1 aromatic carbocycles. The number of aromatic nitrogens is 2. The van der Waals surface area contributed by atoms with E-state index in [0.29, 0.717) is 6.42 Å². The molecular formula is C17H20N6O5. The van der Waals surface area contributed by atoms with Gasteiger partial charge in [0.05, 0.1) is 17.6 Å². The second-order valence-corrected chi connectivity index (χ2v) is 6.48. The van der Waals surface area contributed by atoms with Gasteiger partial charge in [0.2, 0.25) is 5.95 Å². The number of fused-ring (bicyclic) bond motifs is 1. The van der Waals surface area contributed by atoms with Crippen molar-refractivity contribution in [2.45, 2.75) is 32.4 Å². The smallest absolute Gasteiger partial charge is 0.414 e. The van der Waals surface area contributed by atoms with Gasteiger partial charge in [0.25, 0.3) is 11.2 Å². The Morgan fingerprint density at radius 1 is 1.36 bits per heavy atom. The molecule has 1 amide bonds. The zero-order valence-electron chi connectivity index (χ0n) is 15.3. The second kappa shape index (κ2) is 7.55. The first-order chi connectivity index (χ1) is 13.3. The maximum absolute atomic E-state index is 12.7. The quantitative estimate of drug-likeness (QED) is 0.527. The Hall–Kier alpha value is -3.63. The van der Waals surface area contributed by atoms with Gasteiger partial charge in [0, 0.05) is 24.6 Å². The Kier molecular flexibility index (Phi) is 5.16. The molecule has 11 heteroatoms. The lowest BCUT2D eigenvalue weighted by molar-refractivity contribution is -0.384. The molecule has 1 aliphatic heterocycles. The molecule has 2 unspecified atom stereocenters. The van der Waals surface area contributed by atoms with Gasteiger partial charge in [-0.2, -0.15) is 4.98 Å². The van der Waals surface area contributed by atoms with Gasteiger partial charge in [-0.1, -0.05) is 12.1 Å². The molecular weight excluding hydrogens is 368 g/mol. The van der Waals surface area contributed by atoms with Gasteiger partial charge < -0.3 is 15.8 Å². The van der Waals surface area contributed by atoms with Crippen molar-refractivity contribution in [2.75, 3.05) is 22.6 Å². The van der Waals surface area contributed by atoms with E-state index in [1.165, 1.54) is 17.0 Å². The summed E-state index contributed by atoms with van der Waals surface area (Å²) in [6.07, 6.45) is -0.302. The first-order valence-corrected chi connectivity index (χ1v) is 8.63. The molecule has 0 fully saturated rings. The molecule has 28 heavy (non-hydrogen) atoms. The minimum atomic E-state index is -0.680. The zero-order valence-corrected chi connectivity index (χ0v) is 15.3. The number of nitrogens with zero attached hydrogens (tertiary/aromatic N) is 3. The van der Waals surface area contributed by atoms with Crippen LogP contribution in [0, 0.1) is 10.1 Å². The molecule has 0 saturated heterocycles. The summed E-state index contributed by atoms with van der Waals surface area (Å²) in [5.74, 6) is 0.170. The third-order valence-electron chi connectivity index (χ3n) is 4.61. The lowest BCUT2D eigenvalue weighted by atomic mass is 10.1. The summed E-state index contributed by atoms with van der Waals surface area (Å²) in [5.41, 5.74) is 5.87. The Labute approximate surface area is 159 Å². The number of amides is 1. The van der Waals surface area contributed by atoms with Crippen LogP contribution in [0.25, 0.3) is 0 Å². The number of nitrogens with two attached hydrogens (primary N) is 1. The first-order valence-electron chi connectivity index (χ1n) is 8.63. The SMILES string of the molecule is CC1Nc2nc(N)[nH]c(=O)c2N(C(=O)OCCc2ccc([N+](=O)[O-])cc2)C1C. The van der Waals surface area contributed by atoms with Crippen molar-refractivity contribution in [3.63, 3.8) is 0 Å². The highest BCUT2D eigenvalue weighted by Gasteiger charge is 2.37. The standard InChI is InChI=1S/C17H20N6O5/c1-9-10(2)22(13-14(19-9)20-16(18)21-15(13)24)17(25)28-8-7-11-3-5-12(6-4-11)23(26)27/h3-6,9-10H,7-8H2,1-2H3,(H4,18,19,20,21,24). The molecule has 2 aromatic rings. The van der Waals surface area contributed by atoms with Crippen LogP contribution in [0.15, 0.2) is 29.1 Å². The Morgan fingerprint density at radius 3 is 2.68 bits per heavy atom. The highest BCUT2D eigenvalue weighted by atomic mass is 16.6. The second-order valence-electron chi connectivity index (χ2n) is 6.48. The summed E-state index contributed by atoms with van der Waals surface area (Å²) in [4.78, 5) is 42.9. The van der Waals surface area contributed by atoms with Gasteiger partial charge in [0.15, 0.2) is 11.5 Å². The normalized spacial score (nSPS) is 18.1. The van der Waals surface area contributed by atoms with Crippen LogP contribution in [-0.4, -0.2) is 39.7 Å². The van der Waals surface area contributed by atoms with E-state index in [1.807, 2.05) is 6.92 Å². The number of nitrogen functional groups attached to an aromatic ring is 1. The highest BCUT2D eigenvalue weighted by Crippen LogP contribution is 2.30. The van der Waals surface area contributed by atoms with Gasteiger partial charge in [0.1, 0.15) is 0 Å². The summed E-state index contributed by atoms with van der Waals surface area (Å²) < 4.78 is 5.34. The number of aromatic amines is 1. The maximum atomic E-state index is 12.7. The van der Waals surface area contributed by atoms with E-state index in [2.05, 4.69) is 15.3 Å². The lowest BCUT2D eigenvalue weighted by Crippen LogP contribution is -2.53. The minimum absolute atomic E-state index is 0.00743. The fourth-order valence-corrected chi connectivity index (χ4v) is 2.94. The number of nitro benzene ring substituents is 1. The summed E-state index contributed by atoms with van der Waals surface area (Å²) in [6.45, 7) is 3.69. The number of hydrogen-bond donors (Lipinski definition) is 3. The number of anilines is 3. The van der Waals surface area contributed by atoms with Crippen LogP contribution in [-0.2, 0) is 11.2 Å². The summed E-state index contributed by atoms with van der Waals surface area (Å²) in [7, 11) is 0. The third-order valence-corrected chi connectivity index (χ3v) is 4.61. The number of ether oxygens (including phenoxy) is 1. The van der Waals surface area contributed by atoms with E-state index in [0.717, 1.165) is 5.56 Å². The van der Waals surface area contributed by atoms with Crippen molar-refractivity contribution in [3.05, 3.63) is 50.3 Å². The molecule has 1 aromatic heterocycles. The monoisotopic (exact) mass is 388 g/mol. The molecule has 4 N–H and O–H groups in total. The summed E-state index contributed by atoms with van der Waals surface area (Å²) in [6, 6.07) is 5.46. The number of carbonyl (C=O) groups is 1. The van der Waals surface area contributed by atoms with E-state index in [-0.39, 0.29) is 41.8 Å². The van der Waals surface area contributed by atoms with Crippen molar-refractivity contribution in [3.8, 4) is 0 Å². The summed E-state index contributed by atoms with van der Waals surface area (Å²) >= 11 is 0. The number of hydrogen-bond acceptors (Lipinski definition) is 8. The van der Waals surface area contributed by atoms with Gasteiger partial charge in [-0.3, -0.25) is 24.8 Å². The minimum Gasteiger partial charge on any atom is -0.449 e. The lowest BCUT2D eigenvalue weighted by Gasteiger charge is -2.37. The third kappa shape index (κ3) is 3.72. The van der Waals surface area contributed by atoms with Gasteiger partial charge >= 0.3 is 6.09 Å². The molecule has 1 aliphatic rings. The van der Waals surface area contributed by atoms with Crippen molar-refractivity contribution < 1.29 is 14.5 Å². The van der Waals surface area contributed by atoms with Gasteiger partial charge in [-0.15, -0.1) is 0 Å². The largest absolute Gasteiger partial charge is 0.449 e. The number of carbonyl (C=O) groups excluding carboxylic acids is 1. The molecule has 0 saturated carbocycles. The average molecular weight is 388 g/mol. The van der Waals surface area contributed by atoms with Crippen molar-refractivity contribution in [2.24, 2.45) is 0 Å². The first kappa shape index (κ1) is 19.1. The van der Waals surface area contributed by atoms with Crippen LogP contribution in [0.3, 0.4) is 0 Å². The van der Waals surface area contributed by atoms with Crippen molar-refractivity contribution >= 4 is 29.2 Å². The molecule has 3 rings (SSSR count). The fraction of sp³-hybridized carbons (Fsp3) is 0.353. The number of nitrogens with one attached hydrogen (secondary N) is 2. The van der Waals surface area contributed by atoms with Crippen LogP contribution in [0.5, 0.6) is 0 Å². The maximum Gasteiger partial charge on any atom is 0.414 e. The molecule has 11 nitrogen and oxygen atoms in total. The topological polar surface area (TPSA) is 156 Å². The van der Waals surface area contributed by atoms with E-state index >= 15 is 0 Å². The van der Waals surface area contributed by atoms with Crippen LogP contribution in [0.1, 0.15) is 19.4 Å². The van der Waals surface area contributed by atoms with Crippen molar-refractivity contribution in [1.29, 1.82) is 0 Å². The molecule has 2 atom stereocenters. The van der Waals surface area contributed by atoms with E-state index in [9.17, 15) is 19.7 Å². The predicted molar refractivity (Wildman–Crippen MR) is 102 cm³/mol. The number of non-ortho nitro benzene ring substituents is 1. The molecule has 0 bridgehead atoms. The van der Waals surface area contributed by atoms with Crippen LogP contribution in [0.4, 0.5) is 27.9 Å². The molecule has 148 valence electrons. The molecule has 0 aliphatic carbocycles. The summed E-state index contributed by atoms with van der Waals surface area (Å²) in [5, 5.41) is 13.7. The van der Waals surface area contributed by atoms with E-state index in [4.69, 9.17) is 10.5 Å². The van der Waals surface area contributed by atoms with Crippen molar-refractivity contribution in [1.82, 2.24) is 9.97 Å². The zero-order chi connectivity index (χ0) is 20.4. The van der Waals surface area contributed by atoms with E-state index in [1.54, 1.807) is 19.1 Å².